The topological polar surface area (TPSA) is 66.6 Å². The first-order valence-corrected chi connectivity index (χ1v) is 7.94. The van der Waals surface area contributed by atoms with E-state index < -0.39 is 10.2 Å². The predicted octanol–water partition coefficient (Wildman–Crippen LogP) is 0.776. The van der Waals surface area contributed by atoms with Gasteiger partial charge in [0.05, 0.1) is 0 Å². The van der Waals surface area contributed by atoms with E-state index in [0.29, 0.717) is 26.2 Å². The van der Waals surface area contributed by atoms with Crippen molar-refractivity contribution in [2.75, 3.05) is 26.2 Å². The Morgan fingerprint density at radius 3 is 2.18 bits per heavy atom. The highest BCUT2D eigenvalue weighted by Crippen LogP contribution is 2.20. The van der Waals surface area contributed by atoms with Crippen LogP contribution in [0.25, 0.3) is 0 Å². The second kappa shape index (κ2) is 6.68. The van der Waals surface area contributed by atoms with Crippen LogP contribution in [0.4, 0.5) is 0 Å². The smallest absolute Gasteiger partial charge is 0.282 e. The fourth-order valence-electron chi connectivity index (χ4n) is 2.38. The lowest BCUT2D eigenvalue weighted by atomic mass is 10.2. The van der Waals surface area contributed by atoms with E-state index in [9.17, 15) is 8.42 Å². The number of nitrogens with zero attached hydrogens (tertiary/aromatic N) is 2. The quantitative estimate of drug-likeness (QED) is 0.738. The number of hydrogen-bond acceptors (Lipinski definition) is 3. The number of nitrogens with two attached hydrogens (primary N) is 1. The SMILES string of the molecule is CCC(CC)N(CCN)S(=O)(=O)N1CCCC1. The van der Waals surface area contributed by atoms with E-state index in [-0.39, 0.29) is 6.04 Å². The van der Waals surface area contributed by atoms with Crippen LogP contribution in [0.1, 0.15) is 39.5 Å². The molecular weight excluding hydrogens is 238 g/mol. The average molecular weight is 263 g/mol. The van der Waals surface area contributed by atoms with Crippen LogP contribution >= 0.6 is 0 Å². The van der Waals surface area contributed by atoms with Crippen LogP contribution in [-0.2, 0) is 10.2 Å². The van der Waals surface area contributed by atoms with Gasteiger partial charge in [-0.1, -0.05) is 13.8 Å². The van der Waals surface area contributed by atoms with E-state index in [1.54, 1.807) is 8.61 Å². The standard InChI is InChI=1S/C11H25N3O2S/c1-3-11(4-2)14(10-7-12)17(15,16)13-8-5-6-9-13/h11H,3-10,12H2,1-2H3. The molecule has 0 aromatic carbocycles. The van der Waals surface area contributed by atoms with E-state index >= 15 is 0 Å². The molecule has 102 valence electrons. The first kappa shape index (κ1) is 14.9. The molecule has 0 spiro atoms. The van der Waals surface area contributed by atoms with Crippen molar-refractivity contribution in [1.82, 2.24) is 8.61 Å². The molecule has 1 fully saturated rings. The van der Waals surface area contributed by atoms with Crippen molar-refractivity contribution in [1.29, 1.82) is 0 Å². The molecule has 0 atom stereocenters. The fourth-order valence-corrected chi connectivity index (χ4v) is 4.40. The third kappa shape index (κ3) is 3.40. The van der Waals surface area contributed by atoms with Gasteiger partial charge >= 0.3 is 0 Å². The molecule has 1 aliphatic rings. The maximum atomic E-state index is 12.5. The van der Waals surface area contributed by atoms with Crippen LogP contribution in [0.5, 0.6) is 0 Å². The summed E-state index contributed by atoms with van der Waals surface area (Å²) >= 11 is 0. The van der Waals surface area contributed by atoms with Crippen molar-refractivity contribution in [2.45, 2.75) is 45.6 Å². The minimum atomic E-state index is -3.30. The summed E-state index contributed by atoms with van der Waals surface area (Å²) in [5, 5.41) is 0. The lowest BCUT2D eigenvalue weighted by Gasteiger charge is -2.32. The maximum absolute atomic E-state index is 12.5. The molecular formula is C11H25N3O2S. The molecule has 0 aromatic heterocycles. The van der Waals surface area contributed by atoms with Crippen molar-refractivity contribution >= 4 is 10.2 Å². The molecule has 1 rings (SSSR count). The molecule has 1 aliphatic heterocycles. The molecule has 0 radical (unpaired) electrons. The lowest BCUT2D eigenvalue weighted by molar-refractivity contribution is 0.284. The molecule has 5 nitrogen and oxygen atoms in total. The number of rotatable bonds is 7. The van der Waals surface area contributed by atoms with E-state index in [2.05, 4.69) is 0 Å². The Bertz CT molecular complexity index is 309. The van der Waals surface area contributed by atoms with Gasteiger partial charge in [0.2, 0.25) is 0 Å². The van der Waals surface area contributed by atoms with Gasteiger partial charge in [-0.05, 0) is 25.7 Å². The van der Waals surface area contributed by atoms with Gasteiger partial charge < -0.3 is 5.73 Å². The second-order valence-corrected chi connectivity index (χ2v) is 6.36. The molecule has 0 aromatic rings. The summed E-state index contributed by atoms with van der Waals surface area (Å²) in [5.41, 5.74) is 5.55. The van der Waals surface area contributed by atoms with E-state index in [0.717, 1.165) is 25.7 Å². The third-order valence-electron chi connectivity index (χ3n) is 3.39. The Morgan fingerprint density at radius 2 is 1.76 bits per heavy atom. The van der Waals surface area contributed by atoms with Crippen LogP contribution in [0.3, 0.4) is 0 Å². The zero-order chi connectivity index (χ0) is 12.9. The van der Waals surface area contributed by atoms with Crippen molar-refractivity contribution < 1.29 is 8.42 Å². The van der Waals surface area contributed by atoms with Crippen molar-refractivity contribution in [2.24, 2.45) is 5.73 Å². The Morgan fingerprint density at radius 1 is 1.24 bits per heavy atom. The second-order valence-electron chi connectivity index (χ2n) is 4.48. The summed E-state index contributed by atoms with van der Waals surface area (Å²) in [5.74, 6) is 0. The van der Waals surface area contributed by atoms with Gasteiger partial charge in [-0.2, -0.15) is 17.0 Å². The molecule has 0 amide bonds. The minimum absolute atomic E-state index is 0.0733. The average Bonchev–Trinajstić information content (AvgIpc) is 2.83. The molecule has 0 unspecified atom stereocenters. The van der Waals surface area contributed by atoms with E-state index in [1.807, 2.05) is 13.8 Å². The molecule has 2 N–H and O–H groups in total. The predicted molar refractivity (Wildman–Crippen MR) is 69.9 cm³/mol. The largest absolute Gasteiger partial charge is 0.329 e. The van der Waals surface area contributed by atoms with Gasteiger partial charge in [0.25, 0.3) is 10.2 Å². The minimum Gasteiger partial charge on any atom is -0.329 e. The molecule has 17 heavy (non-hydrogen) atoms. The normalized spacial score (nSPS) is 18.4. The molecule has 1 saturated heterocycles. The van der Waals surface area contributed by atoms with E-state index in [1.165, 1.54) is 0 Å². The fraction of sp³-hybridized carbons (Fsp3) is 1.00. The Hall–Kier alpha value is -0.170. The van der Waals surface area contributed by atoms with Crippen LogP contribution in [0.15, 0.2) is 0 Å². The lowest BCUT2D eigenvalue weighted by Crippen LogP contribution is -2.49. The highest BCUT2D eigenvalue weighted by Gasteiger charge is 2.34. The summed E-state index contributed by atoms with van der Waals surface area (Å²) in [6, 6.07) is 0.0733. The van der Waals surface area contributed by atoms with Crippen LogP contribution in [0, 0.1) is 0 Å². The van der Waals surface area contributed by atoms with Gasteiger partial charge in [-0.3, -0.25) is 0 Å². The van der Waals surface area contributed by atoms with Crippen LogP contribution in [-0.4, -0.2) is 49.2 Å². The van der Waals surface area contributed by atoms with Crippen LogP contribution in [0.2, 0.25) is 0 Å². The summed E-state index contributed by atoms with van der Waals surface area (Å²) in [7, 11) is -3.30. The molecule has 1 heterocycles. The molecule has 6 heteroatoms. The molecule has 0 aliphatic carbocycles. The first-order valence-electron chi connectivity index (χ1n) is 6.54. The highest BCUT2D eigenvalue weighted by atomic mass is 32.2. The van der Waals surface area contributed by atoms with E-state index in [4.69, 9.17) is 5.73 Å². The molecule has 0 saturated carbocycles. The monoisotopic (exact) mass is 263 g/mol. The van der Waals surface area contributed by atoms with Gasteiger partial charge in [-0.15, -0.1) is 0 Å². The van der Waals surface area contributed by atoms with Gasteiger partial charge in [0.15, 0.2) is 0 Å². The Kier molecular flexibility index (Phi) is 5.85. The zero-order valence-electron chi connectivity index (χ0n) is 10.9. The first-order chi connectivity index (χ1) is 8.07. The van der Waals surface area contributed by atoms with Gasteiger partial charge in [0.1, 0.15) is 0 Å². The Balaban J connectivity index is 2.87. The molecule has 0 bridgehead atoms. The summed E-state index contributed by atoms with van der Waals surface area (Å²) < 4.78 is 28.2. The van der Waals surface area contributed by atoms with Crippen LogP contribution < -0.4 is 5.73 Å². The maximum Gasteiger partial charge on any atom is 0.282 e. The van der Waals surface area contributed by atoms with Gasteiger partial charge in [-0.25, -0.2) is 0 Å². The summed E-state index contributed by atoms with van der Waals surface area (Å²) in [6.07, 6.45) is 3.62. The van der Waals surface area contributed by atoms with Crippen molar-refractivity contribution in [3.05, 3.63) is 0 Å². The van der Waals surface area contributed by atoms with Crippen molar-refractivity contribution in [3.8, 4) is 0 Å². The summed E-state index contributed by atoms with van der Waals surface area (Å²) in [4.78, 5) is 0. The highest BCUT2D eigenvalue weighted by molar-refractivity contribution is 7.86. The van der Waals surface area contributed by atoms with Crippen molar-refractivity contribution in [3.63, 3.8) is 0 Å². The number of hydrogen-bond donors (Lipinski definition) is 1. The zero-order valence-corrected chi connectivity index (χ0v) is 11.7. The van der Waals surface area contributed by atoms with Gasteiger partial charge in [0, 0.05) is 32.2 Å². The Labute approximate surface area is 105 Å². The summed E-state index contributed by atoms with van der Waals surface area (Å²) in [6.45, 7) is 6.16. The third-order valence-corrected chi connectivity index (χ3v) is 5.48.